The number of nitro groups is 1. The lowest BCUT2D eigenvalue weighted by Crippen LogP contribution is -2.60. The molecule has 0 bridgehead atoms. The third-order valence-electron chi connectivity index (χ3n) is 3.53. The lowest BCUT2D eigenvalue weighted by Gasteiger charge is -2.34. The van der Waals surface area contributed by atoms with E-state index in [2.05, 4.69) is 4.74 Å². The van der Waals surface area contributed by atoms with Crippen LogP contribution in [0.5, 0.6) is 0 Å². The summed E-state index contributed by atoms with van der Waals surface area (Å²) in [6.07, 6.45) is -13.2. The van der Waals surface area contributed by atoms with E-state index in [0.717, 1.165) is 0 Å². The van der Waals surface area contributed by atoms with Crippen molar-refractivity contribution < 1.29 is 62.4 Å². The van der Waals surface area contributed by atoms with Crippen molar-refractivity contribution in [3.05, 3.63) is 33.9 Å². The van der Waals surface area contributed by atoms with Crippen molar-refractivity contribution in [2.75, 3.05) is 7.11 Å². The zero-order valence-electron chi connectivity index (χ0n) is 13.4. The first-order valence-corrected chi connectivity index (χ1v) is 8.07. The van der Waals surface area contributed by atoms with Crippen LogP contribution in [-0.2, 0) is 24.8 Å². The smallest absolute Gasteiger partial charge is 0.468 e. The largest absolute Gasteiger partial charge is 0.501 e. The maximum absolute atomic E-state index is 13.4. The number of alkyl halides is 9. The predicted octanol–water partition coefficient (Wildman–Crippen LogP) is 3.42. The second-order valence-electron chi connectivity index (χ2n) is 5.12. The second kappa shape index (κ2) is 7.03. The van der Waals surface area contributed by atoms with Crippen LogP contribution in [0, 0.1) is 10.1 Å². The molecule has 0 unspecified atom stereocenters. The quantitative estimate of drug-likeness (QED) is 0.294. The van der Waals surface area contributed by atoms with E-state index in [0.29, 0.717) is 0 Å². The molecule has 1 aromatic carbocycles. The molecular formula is C12H6F9NO6S. The fourth-order valence-electron chi connectivity index (χ4n) is 2.24. The van der Waals surface area contributed by atoms with Gasteiger partial charge in [-0.05, 0) is 12.1 Å². The monoisotopic (exact) mass is 463 g/mol. The summed E-state index contributed by atoms with van der Waals surface area (Å²) in [5.41, 5.74) is -16.6. The van der Waals surface area contributed by atoms with E-state index >= 15 is 0 Å². The first-order valence-electron chi connectivity index (χ1n) is 6.59. The number of benzene rings is 1. The van der Waals surface area contributed by atoms with Crippen LogP contribution in [0.2, 0.25) is 0 Å². The number of nitro benzene ring substituents is 1. The Morgan fingerprint density at radius 2 is 1.45 bits per heavy atom. The van der Waals surface area contributed by atoms with Gasteiger partial charge in [-0.1, -0.05) is 0 Å². The van der Waals surface area contributed by atoms with Crippen LogP contribution in [0.1, 0.15) is 5.56 Å². The van der Waals surface area contributed by atoms with Gasteiger partial charge in [-0.2, -0.15) is 39.5 Å². The molecule has 0 fully saturated rings. The number of hydrogen-bond donors (Lipinski definition) is 0. The van der Waals surface area contributed by atoms with E-state index in [1.807, 2.05) is 0 Å². The summed E-state index contributed by atoms with van der Waals surface area (Å²) in [4.78, 5) is 18.6. The number of hydrogen-bond acceptors (Lipinski definition) is 6. The van der Waals surface area contributed by atoms with Crippen LogP contribution in [0.3, 0.4) is 0 Å². The average Bonchev–Trinajstić information content (AvgIpc) is 2.51. The predicted molar refractivity (Wildman–Crippen MR) is 72.1 cm³/mol. The second-order valence-corrected chi connectivity index (χ2v) is 7.06. The SMILES string of the molecule is COC(=O)C(c1ccc(S(=O)(=O)C(F)(F)F)cc1[N+](=O)[O-])(C(F)(F)F)C(F)(F)F. The molecule has 1 aromatic rings. The summed E-state index contributed by atoms with van der Waals surface area (Å²) in [5, 5.41) is 11.0. The molecule has 0 amide bonds. The standard InChI is InChI=1S/C12H6F9NO6S/c1-28-8(23)9(10(13,14)15,11(16,17)18)6-3-2-5(4-7(6)22(24)25)29(26,27)12(19,20)21/h2-4H,1H3. The molecule has 0 aromatic heterocycles. The van der Waals surface area contributed by atoms with E-state index in [1.165, 1.54) is 0 Å². The van der Waals surface area contributed by atoms with Gasteiger partial charge in [0.15, 0.2) is 0 Å². The van der Waals surface area contributed by atoms with Crippen molar-refractivity contribution in [3.63, 3.8) is 0 Å². The highest BCUT2D eigenvalue weighted by Crippen LogP contribution is 2.55. The Kier molecular flexibility index (Phi) is 5.93. The molecule has 164 valence electrons. The minimum absolute atomic E-state index is 0.100. The lowest BCUT2D eigenvalue weighted by atomic mass is 9.77. The minimum Gasteiger partial charge on any atom is -0.468 e. The third kappa shape index (κ3) is 3.69. The van der Waals surface area contributed by atoms with Gasteiger partial charge in [-0.25, -0.2) is 8.42 Å². The number of halogens is 9. The van der Waals surface area contributed by atoms with Crippen LogP contribution in [0.25, 0.3) is 0 Å². The van der Waals surface area contributed by atoms with E-state index in [4.69, 9.17) is 0 Å². The molecule has 0 aliphatic rings. The summed E-state index contributed by atoms with van der Waals surface area (Å²) in [6.45, 7) is 0. The first-order chi connectivity index (χ1) is 12.8. The Balaban J connectivity index is 4.15. The van der Waals surface area contributed by atoms with Gasteiger partial charge in [0.2, 0.25) is 0 Å². The summed E-state index contributed by atoms with van der Waals surface area (Å²) in [6, 6.07) is -1.58. The number of rotatable bonds is 4. The van der Waals surface area contributed by atoms with Crippen molar-refractivity contribution in [2.45, 2.75) is 28.2 Å². The molecule has 0 aliphatic carbocycles. The molecular weight excluding hydrogens is 457 g/mol. The van der Waals surface area contributed by atoms with Crippen LogP contribution in [0.4, 0.5) is 45.2 Å². The van der Waals surface area contributed by atoms with Gasteiger partial charge in [-0.3, -0.25) is 14.9 Å². The van der Waals surface area contributed by atoms with Gasteiger partial charge in [0.05, 0.1) is 22.5 Å². The maximum Gasteiger partial charge on any atom is 0.501 e. The summed E-state index contributed by atoms with van der Waals surface area (Å²) >= 11 is 0. The van der Waals surface area contributed by atoms with Crippen molar-refractivity contribution >= 4 is 21.5 Å². The molecule has 7 nitrogen and oxygen atoms in total. The minimum atomic E-state index is -6.62. The fraction of sp³-hybridized carbons (Fsp3) is 0.417. The van der Waals surface area contributed by atoms with Gasteiger partial charge < -0.3 is 4.74 Å². The highest BCUT2D eigenvalue weighted by Gasteiger charge is 2.79. The van der Waals surface area contributed by atoms with E-state index in [1.54, 1.807) is 0 Å². The van der Waals surface area contributed by atoms with Crippen LogP contribution >= 0.6 is 0 Å². The molecule has 0 saturated carbocycles. The first kappa shape index (κ1) is 24.4. The molecule has 0 spiro atoms. The Morgan fingerprint density at radius 1 is 1.00 bits per heavy atom. The third-order valence-corrected chi connectivity index (χ3v) is 5.01. The van der Waals surface area contributed by atoms with Crippen molar-refractivity contribution in [1.29, 1.82) is 0 Å². The zero-order valence-corrected chi connectivity index (χ0v) is 14.3. The highest BCUT2D eigenvalue weighted by atomic mass is 32.2. The van der Waals surface area contributed by atoms with Gasteiger partial charge >= 0.3 is 23.8 Å². The molecule has 0 heterocycles. The Morgan fingerprint density at radius 3 is 1.76 bits per heavy atom. The molecule has 0 atom stereocenters. The van der Waals surface area contributed by atoms with Crippen molar-refractivity contribution in [2.24, 2.45) is 0 Å². The van der Waals surface area contributed by atoms with Crippen molar-refractivity contribution in [1.82, 2.24) is 0 Å². The number of carbonyl (C=O) groups excluding carboxylic acids is 1. The highest BCUT2D eigenvalue weighted by molar-refractivity contribution is 7.92. The maximum atomic E-state index is 13.4. The molecule has 29 heavy (non-hydrogen) atoms. The van der Waals surface area contributed by atoms with Crippen molar-refractivity contribution in [3.8, 4) is 0 Å². The summed E-state index contributed by atoms with van der Waals surface area (Å²) in [5.74, 6) is -3.08. The number of ether oxygens (including phenoxy) is 1. The fourth-order valence-corrected chi connectivity index (χ4v) is 3.02. The Hall–Kier alpha value is -2.59. The van der Waals surface area contributed by atoms with Gasteiger partial charge in [-0.15, -0.1) is 0 Å². The molecule has 0 radical (unpaired) electrons. The number of sulfone groups is 1. The molecule has 0 N–H and O–H groups in total. The molecule has 0 saturated heterocycles. The average molecular weight is 463 g/mol. The normalized spacial score (nSPS) is 13.9. The zero-order chi connectivity index (χ0) is 23.2. The topological polar surface area (TPSA) is 104 Å². The summed E-state index contributed by atoms with van der Waals surface area (Å²) in [7, 11) is -6.27. The molecule has 1 rings (SSSR count). The van der Waals surface area contributed by atoms with E-state index in [-0.39, 0.29) is 13.2 Å². The Labute approximate surface area is 154 Å². The number of carbonyl (C=O) groups is 1. The lowest BCUT2D eigenvalue weighted by molar-refractivity contribution is -0.389. The Bertz CT molecular complexity index is 919. The number of methoxy groups -OCH3 is 1. The van der Waals surface area contributed by atoms with Gasteiger partial charge in [0.1, 0.15) is 0 Å². The van der Waals surface area contributed by atoms with Crippen LogP contribution < -0.4 is 0 Å². The van der Waals surface area contributed by atoms with E-state index in [9.17, 15) is 62.8 Å². The summed E-state index contributed by atoms with van der Waals surface area (Å²) < 4.78 is 144. The number of nitrogens with zero attached hydrogens (tertiary/aromatic N) is 1. The van der Waals surface area contributed by atoms with Crippen LogP contribution in [-0.4, -0.2) is 44.3 Å². The van der Waals surface area contributed by atoms with Crippen LogP contribution in [0.15, 0.2) is 23.1 Å². The molecule has 0 aliphatic heterocycles. The van der Waals surface area contributed by atoms with Gasteiger partial charge in [0.25, 0.3) is 20.9 Å². The number of esters is 1. The molecule has 17 heteroatoms. The van der Waals surface area contributed by atoms with Gasteiger partial charge in [0, 0.05) is 6.07 Å². The van der Waals surface area contributed by atoms with E-state index < -0.39 is 72.3 Å².